The second kappa shape index (κ2) is 8.42. The van der Waals surface area contributed by atoms with Crippen LogP contribution in [0.3, 0.4) is 0 Å². The van der Waals surface area contributed by atoms with Crippen LogP contribution in [0.15, 0.2) is 18.2 Å². The molecule has 23 heavy (non-hydrogen) atoms. The number of rotatable bonds is 7. The van der Waals surface area contributed by atoms with E-state index in [0.717, 1.165) is 32.0 Å². The topological polar surface area (TPSA) is 49.4 Å². The summed E-state index contributed by atoms with van der Waals surface area (Å²) in [5, 5.41) is 0.137. The van der Waals surface area contributed by atoms with E-state index >= 15 is 0 Å². The van der Waals surface area contributed by atoms with Gasteiger partial charge in [0.25, 0.3) is 0 Å². The summed E-state index contributed by atoms with van der Waals surface area (Å²) in [4.78, 5) is 2.36. The molecule has 0 atom stereocenters. The molecule has 1 N–H and O–H groups in total. The van der Waals surface area contributed by atoms with Crippen LogP contribution < -0.4 is 4.72 Å². The number of sulfonamides is 1. The highest BCUT2D eigenvalue weighted by Crippen LogP contribution is 2.21. The number of benzene rings is 1. The Morgan fingerprint density at radius 3 is 2.70 bits per heavy atom. The second-order valence-electron chi connectivity index (χ2n) is 6.23. The molecule has 1 aliphatic rings. The first-order valence-electron chi connectivity index (χ1n) is 8.00. The van der Waals surface area contributed by atoms with Crippen molar-refractivity contribution in [2.24, 2.45) is 5.92 Å². The van der Waals surface area contributed by atoms with Gasteiger partial charge in [-0.05, 0) is 56.9 Å². The van der Waals surface area contributed by atoms with Crippen LogP contribution in [-0.2, 0) is 15.8 Å². The fourth-order valence-electron chi connectivity index (χ4n) is 2.73. The van der Waals surface area contributed by atoms with Crippen LogP contribution in [-0.4, -0.2) is 39.5 Å². The molecule has 4 nitrogen and oxygen atoms in total. The average Bonchev–Trinajstić information content (AvgIpc) is 2.49. The molecule has 1 saturated heterocycles. The quantitative estimate of drug-likeness (QED) is 0.758. The van der Waals surface area contributed by atoms with E-state index in [9.17, 15) is 12.8 Å². The Morgan fingerprint density at radius 2 is 2.04 bits per heavy atom. The Kier molecular flexibility index (Phi) is 6.83. The van der Waals surface area contributed by atoms with Gasteiger partial charge in [0.1, 0.15) is 5.82 Å². The summed E-state index contributed by atoms with van der Waals surface area (Å²) in [6, 6.07) is 4.17. The zero-order chi connectivity index (χ0) is 16.9. The fraction of sp³-hybridized carbons (Fsp3) is 0.625. The van der Waals surface area contributed by atoms with E-state index in [1.165, 1.54) is 31.0 Å². The van der Waals surface area contributed by atoms with Crippen molar-refractivity contribution in [2.45, 2.75) is 31.9 Å². The standard InChI is InChI=1S/C16H24ClFN2O2S/c1-13-6-10-20(11-7-13)9-3-8-19-23(21,22)12-14-15(17)4-2-5-16(14)18/h2,4-5,13,19H,3,6-12H2,1H3. The normalized spacial score (nSPS) is 17.5. The predicted molar refractivity (Wildman–Crippen MR) is 91.5 cm³/mol. The van der Waals surface area contributed by atoms with Gasteiger partial charge in [0.2, 0.25) is 10.0 Å². The monoisotopic (exact) mass is 362 g/mol. The number of hydrogen-bond donors (Lipinski definition) is 1. The van der Waals surface area contributed by atoms with Gasteiger partial charge < -0.3 is 4.90 Å². The molecule has 7 heteroatoms. The second-order valence-corrected chi connectivity index (χ2v) is 8.45. The van der Waals surface area contributed by atoms with Crippen molar-refractivity contribution < 1.29 is 12.8 Å². The predicted octanol–water partition coefficient (Wildman–Crippen LogP) is 3.02. The van der Waals surface area contributed by atoms with Crippen LogP contribution >= 0.6 is 11.6 Å². The van der Waals surface area contributed by atoms with E-state index < -0.39 is 21.6 Å². The molecule has 0 aromatic heterocycles. The molecule has 1 aliphatic heterocycles. The molecule has 0 amide bonds. The highest BCUT2D eigenvalue weighted by molar-refractivity contribution is 7.88. The molecule has 2 rings (SSSR count). The van der Waals surface area contributed by atoms with Crippen LogP contribution in [0.1, 0.15) is 31.7 Å². The van der Waals surface area contributed by atoms with Gasteiger partial charge in [0.15, 0.2) is 0 Å². The third-order valence-corrected chi connectivity index (χ3v) is 5.91. The van der Waals surface area contributed by atoms with Crippen LogP contribution in [0.4, 0.5) is 4.39 Å². The zero-order valence-corrected chi connectivity index (χ0v) is 15.0. The average molecular weight is 363 g/mol. The van der Waals surface area contributed by atoms with Gasteiger partial charge in [-0.15, -0.1) is 0 Å². The zero-order valence-electron chi connectivity index (χ0n) is 13.4. The first kappa shape index (κ1) is 18.6. The van der Waals surface area contributed by atoms with Crippen molar-refractivity contribution in [3.63, 3.8) is 0 Å². The number of piperidine rings is 1. The third-order valence-electron chi connectivity index (χ3n) is 4.25. The molecule has 0 spiro atoms. The Labute approximate surface area is 143 Å². The molecular weight excluding hydrogens is 339 g/mol. The summed E-state index contributed by atoms with van der Waals surface area (Å²) in [7, 11) is -3.58. The lowest BCUT2D eigenvalue weighted by Gasteiger charge is -2.30. The van der Waals surface area contributed by atoms with Crippen LogP contribution in [0.5, 0.6) is 0 Å². The Bertz CT molecular complexity index is 596. The van der Waals surface area contributed by atoms with Crippen molar-refractivity contribution in [3.05, 3.63) is 34.6 Å². The van der Waals surface area contributed by atoms with Gasteiger partial charge in [-0.1, -0.05) is 24.6 Å². The smallest absolute Gasteiger partial charge is 0.215 e. The molecule has 0 unspecified atom stereocenters. The van der Waals surface area contributed by atoms with Gasteiger partial charge in [-0.25, -0.2) is 17.5 Å². The van der Waals surface area contributed by atoms with Crippen LogP contribution in [0, 0.1) is 11.7 Å². The molecule has 1 aromatic rings. The van der Waals surface area contributed by atoms with E-state index in [1.54, 1.807) is 0 Å². The lowest BCUT2D eigenvalue weighted by Crippen LogP contribution is -2.35. The molecule has 0 radical (unpaired) electrons. The maximum absolute atomic E-state index is 13.7. The summed E-state index contributed by atoms with van der Waals surface area (Å²) in [6.45, 7) is 5.67. The molecular formula is C16H24ClFN2O2S. The summed E-state index contributed by atoms with van der Waals surface area (Å²) >= 11 is 5.87. The van der Waals surface area contributed by atoms with E-state index in [2.05, 4.69) is 16.5 Å². The fourth-order valence-corrected chi connectivity index (χ4v) is 4.27. The van der Waals surface area contributed by atoms with E-state index in [-0.39, 0.29) is 10.6 Å². The molecule has 1 aromatic carbocycles. The van der Waals surface area contributed by atoms with Gasteiger partial charge in [0, 0.05) is 17.1 Å². The maximum atomic E-state index is 13.7. The first-order chi connectivity index (χ1) is 10.9. The Balaban J connectivity index is 1.76. The minimum Gasteiger partial charge on any atom is -0.303 e. The maximum Gasteiger partial charge on any atom is 0.215 e. The molecule has 1 heterocycles. The lowest BCUT2D eigenvalue weighted by molar-refractivity contribution is 0.191. The van der Waals surface area contributed by atoms with Crippen molar-refractivity contribution in [1.82, 2.24) is 9.62 Å². The summed E-state index contributed by atoms with van der Waals surface area (Å²) in [5.74, 6) is -0.236. The van der Waals surface area contributed by atoms with Gasteiger partial charge in [-0.2, -0.15) is 0 Å². The molecule has 0 saturated carbocycles. The van der Waals surface area contributed by atoms with Crippen molar-refractivity contribution in [3.8, 4) is 0 Å². The van der Waals surface area contributed by atoms with E-state index in [0.29, 0.717) is 6.54 Å². The van der Waals surface area contributed by atoms with E-state index in [1.807, 2.05) is 0 Å². The first-order valence-corrected chi connectivity index (χ1v) is 10.0. The molecule has 0 bridgehead atoms. The summed E-state index contributed by atoms with van der Waals surface area (Å²) in [6.07, 6.45) is 3.16. The van der Waals surface area contributed by atoms with Crippen LogP contribution in [0.2, 0.25) is 5.02 Å². The highest BCUT2D eigenvalue weighted by Gasteiger charge is 2.18. The number of nitrogens with one attached hydrogen (secondary N) is 1. The highest BCUT2D eigenvalue weighted by atomic mass is 35.5. The van der Waals surface area contributed by atoms with Crippen molar-refractivity contribution in [2.75, 3.05) is 26.2 Å². The van der Waals surface area contributed by atoms with Crippen LogP contribution in [0.25, 0.3) is 0 Å². The number of halogens is 2. The largest absolute Gasteiger partial charge is 0.303 e. The van der Waals surface area contributed by atoms with E-state index in [4.69, 9.17) is 11.6 Å². The molecule has 0 aliphatic carbocycles. The lowest BCUT2D eigenvalue weighted by atomic mass is 9.99. The third kappa shape index (κ3) is 6.03. The van der Waals surface area contributed by atoms with Crippen molar-refractivity contribution >= 4 is 21.6 Å². The Hall–Kier alpha value is -0.690. The number of nitrogens with zero attached hydrogens (tertiary/aromatic N) is 1. The van der Waals surface area contributed by atoms with Gasteiger partial charge in [0.05, 0.1) is 5.75 Å². The SMILES string of the molecule is CC1CCN(CCCNS(=O)(=O)Cc2c(F)cccc2Cl)CC1. The summed E-state index contributed by atoms with van der Waals surface area (Å²) < 4.78 is 40.3. The van der Waals surface area contributed by atoms with Gasteiger partial charge in [-0.3, -0.25) is 0 Å². The summed E-state index contributed by atoms with van der Waals surface area (Å²) in [5.41, 5.74) is 0.0201. The number of hydrogen-bond acceptors (Lipinski definition) is 3. The molecule has 1 fully saturated rings. The Morgan fingerprint density at radius 1 is 1.35 bits per heavy atom. The number of likely N-dealkylation sites (tertiary alicyclic amines) is 1. The van der Waals surface area contributed by atoms with Gasteiger partial charge >= 0.3 is 0 Å². The van der Waals surface area contributed by atoms with Crippen molar-refractivity contribution in [1.29, 1.82) is 0 Å². The molecule has 130 valence electrons. The minimum atomic E-state index is -3.58. The minimum absolute atomic E-state index is 0.0201.